The Hall–Kier alpha value is -3.62. The number of amides is 1. The second-order valence-corrected chi connectivity index (χ2v) is 10.1. The van der Waals surface area contributed by atoms with Gasteiger partial charge in [0.15, 0.2) is 0 Å². The summed E-state index contributed by atoms with van der Waals surface area (Å²) in [4.78, 5) is 29.7. The summed E-state index contributed by atoms with van der Waals surface area (Å²) in [6.07, 6.45) is 3.09. The number of carbonyl (C=O) groups excluding carboxylic acids is 2. The van der Waals surface area contributed by atoms with Gasteiger partial charge in [0.05, 0.1) is 25.8 Å². The molecule has 2 unspecified atom stereocenters. The Kier molecular flexibility index (Phi) is 7.81. The number of nitrogens with zero attached hydrogens (tertiary/aromatic N) is 1. The van der Waals surface area contributed by atoms with Gasteiger partial charge in [-0.15, -0.1) is 0 Å². The number of morpholine rings is 1. The van der Waals surface area contributed by atoms with E-state index in [0.29, 0.717) is 42.9 Å². The molecule has 1 amide bonds. The predicted octanol–water partition coefficient (Wildman–Crippen LogP) is 1.10. The second kappa shape index (κ2) is 11.4. The lowest BCUT2D eigenvalue weighted by Crippen LogP contribution is -3.14. The van der Waals surface area contributed by atoms with E-state index in [2.05, 4.69) is 6.58 Å². The molecule has 0 spiro atoms. The molecule has 2 aromatic rings. The van der Waals surface area contributed by atoms with Crippen LogP contribution >= 0.6 is 0 Å². The number of ketones is 1. The van der Waals surface area contributed by atoms with Gasteiger partial charge in [0.25, 0.3) is 5.91 Å². The summed E-state index contributed by atoms with van der Waals surface area (Å²) in [5.74, 6) is -0.451. The Labute approximate surface area is 223 Å². The first-order valence-electron chi connectivity index (χ1n) is 13.3. The number of likely N-dealkylation sites (tertiary alicyclic amines) is 1. The van der Waals surface area contributed by atoms with Gasteiger partial charge in [0.2, 0.25) is 5.78 Å². The lowest BCUT2D eigenvalue weighted by atomic mass is 9.94. The molecule has 5 rings (SSSR count). The molecule has 3 aliphatic heterocycles. The molecule has 38 heavy (non-hydrogen) atoms. The van der Waals surface area contributed by atoms with Crippen molar-refractivity contribution in [2.24, 2.45) is 0 Å². The average molecular weight is 519 g/mol. The van der Waals surface area contributed by atoms with Crippen molar-refractivity contribution in [3.05, 3.63) is 77.4 Å². The van der Waals surface area contributed by atoms with Gasteiger partial charge >= 0.3 is 0 Å². The summed E-state index contributed by atoms with van der Waals surface area (Å²) in [6, 6.07) is 11.7. The van der Waals surface area contributed by atoms with E-state index in [1.807, 2.05) is 19.1 Å². The maximum absolute atomic E-state index is 13.9. The van der Waals surface area contributed by atoms with E-state index in [0.717, 1.165) is 44.2 Å². The van der Waals surface area contributed by atoms with Gasteiger partial charge in [-0.05, 0) is 47.9 Å². The zero-order valence-corrected chi connectivity index (χ0v) is 21.7. The van der Waals surface area contributed by atoms with Gasteiger partial charge in [0, 0.05) is 25.0 Å². The van der Waals surface area contributed by atoms with E-state index in [4.69, 9.17) is 14.2 Å². The number of quaternary nitrogens is 1. The molecule has 8 nitrogen and oxygen atoms in total. The minimum atomic E-state index is -0.780. The number of fused-ring (bicyclic) bond motifs is 1. The summed E-state index contributed by atoms with van der Waals surface area (Å²) < 4.78 is 16.9. The van der Waals surface area contributed by atoms with Crippen LogP contribution in [0.3, 0.4) is 0 Å². The maximum atomic E-state index is 13.9. The third-order valence-electron chi connectivity index (χ3n) is 7.36. The third-order valence-corrected chi connectivity index (χ3v) is 7.36. The number of rotatable bonds is 9. The number of hydrogen-bond donors (Lipinski definition) is 1. The van der Waals surface area contributed by atoms with Gasteiger partial charge < -0.3 is 29.1 Å². The molecule has 2 aromatic carbocycles. The molecule has 1 N–H and O–H groups in total. The monoisotopic (exact) mass is 518 g/mol. The normalized spacial score (nSPS) is 22.8. The summed E-state index contributed by atoms with van der Waals surface area (Å²) in [5.41, 5.74) is 1.98. The Balaban J connectivity index is 1.49. The summed E-state index contributed by atoms with van der Waals surface area (Å²) in [6.45, 7) is 10.5. The molecule has 2 fully saturated rings. The highest BCUT2D eigenvalue weighted by atomic mass is 16.5. The lowest BCUT2D eigenvalue weighted by Gasteiger charge is -2.29. The highest BCUT2D eigenvalue weighted by molar-refractivity contribution is 6.46. The average Bonchev–Trinajstić information content (AvgIpc) is 3.43. The largest absolute Gasteiger partial charge is 0.872 e. The molecule has 3 aliphatic rings. The molecule has 0 aliphatic carbocycles. The molecule has 0 aromatic heterocycles. The van der Waals surface area contributed by atoms with Crippen molar-refractivity contribution in [2.45, 2.75) is 31.9 Å². The summed E-state index contributed by atoms with van der Waals surface area (Å²) in [5, 5.41) is 13.9. The molecule has 200 valence electrons. The van der Waals surface area contributed by atoms with Crippen molar-refractivity contribution < 1.29 is 33.8 Å². The quantitative estimate of drug-likeness (QED) is 0.231. The molecule has 2 saturated heterocycles. The minimum absolute atomic E-state index is 0.0125. The van der Waals surface area contributed by atoms with Crippen LogP contribution in [0.4, 0.5) is 0 Å². The molecule has 0 saturated carbocycles. The van der Waals surface area contributed by atoms with Gasteiger partial charge in [-0.3, -0.25) is 9.59 Å². The zero-order chi connectivity index (χ0) is 26.6. The third kappa shape index (κ3) is 5.33. The molecule has 0 radical (unpaired) electrons. The second-order valence-electron chi connectivity index (χ2n) is 10.1. The van der Waals surface area contributed by atoms with E-state index < -0.39 is 23.5 Å². The van der Waals surface area contributed by atoms with E-state index in [1.165, 1.54) is 4.90 Å². The fourth-order valence-electron chi connectivity index (χ4n) is 5.51. The SMILES string of the molecule is C=CCOc1cccc(C2/C(=C(\[O-])c3ccc4c(c3)CC(C)O4)C(=O)C(=O)N2CCC[NH+]2CCOCC2)c1. The molecular formula is C30H34N2O6. The van der Waals surface area contributed by atoms with Crippen molar-refractivity contribution in [1.82, 2.24) is 4.90 Å². The fourth-order valence-corrected chi connectivity index (χ4v) is 5.51. The summed E-state index contributed by atoms with van der Waals surface area (Å²) in [7, 11) is 0. The van der Waals surface area contributed by atoms with Crippen molar-refractivity contribution in [3.63, 3.8) is 0 Å². The van der Waals surface area contributed by atoms with Crippen molar-refractivity contribution in [3.8, 4) is 11.5 Å². The van der Waals surface area contributed by atoms with Crippen LogP contribution in [0.15, 0.2) is 60.7 Å². The van der Waals surface area contributed by atoms with Crippen LogP contribution in [0.1, 0.15) is 36.1 Å². The predicted molar refractivity (Wildman–Crippen MR) is 140 cm³/mol. The topological polar surface area (TPSA) is 92.6 Å². The number of nitrogens with one attached hydrogen (secondary N) is 1. The number of Topliss-reactive ketones (excluding diaryl/α,β-unsaturated/α-hetero) is 1. The fraction of sp³-hybridized carbons (Fsp3) is 0.400. The first-order chi connectivity index (χ1) is 18.5. The van der Waals surface area contributed by atoms with Gasteiger partial charge in [0.1, 0.15) is 37.3 Å². The van der Waals surface area contributed by atoms with Gasteiger partial charge in [-0.1, -0.05) is 36.6 Å². The number of benzene rings is 2. The number of hydrogen-bond acceptors (Lipinski definition) is 6. The van der Waals surface area contributed by atoms with E-state index in [-0.39, 0.29) is 11.7 Å². The molecule has 0 bridgehead atoms. The van der Waals surface area contributed by atoms with E-state index >= 15 is 0 Å². The van der Waals surface area contributed by atoms with Crippen molar-refractivity contribution in [2.75, 3.05) is 46.0 Å². The van der Waals surface area contributed by atoms with Crippen LogP contribution in [0.5, 0.6) is 11.5 Å². The maximum Gasteiger partial charge on any atom is 0.295 e. The van der Waals surface area contributed by atoms with Crippen LogP contribution in [-0.2, 0) is 20.7 Å². The highest BCUT2D eigenvalue weighted by Gasteiger charge is 2.44. The molecule has 2 atom stereocenters. The van der Waals surface area contributed by atoms with Crippen LogP contribution in [-0.4, -0.2) is 68.7 Å². The number of ether oxygens (including phenoxy) is 3. The molecule has 8 heteroatoms. The molecular weight excluding hydrogens is 484 g/mol. The van der Waals surface area contributed by atoms with E-state index in [1.54, 1.807) is 41.3 Å². The zero-order valence-electron chi connectivity index (χ0n) is 21.7. The van der Waals surface area contributed by atoms with Gasteiger partial charge in [-0.25, -0.2) is 0 Å². The lowest BCUT2D eigenvalue weighted by molar-refractivity contribution is -0.908. The van der Waals surface area contributed by atoms with Crippen LogP contribution in [0.2, 0.25) is 0 Å². The first kappa shape index (κ1) is 26.0. The van der Waals surface area contributed by atoms with Crippen LogP contribution in [0, 0.1) is 0 Å². The van der Waals surface area contributed by atoms with Crippen molar-refractivity contribution >= 4 is 17.4 Å². The van der Waals surface area contributed by atoms with Gasteiger partial charge in [-0.2, -0.15) is 0 Å². The smallest absolute Gasteiger partial charge is 0.295 e. The van der Waals surface area contributed by atoms with Crippen LogP contribution < -0.4 is 19.5 Å². The van der Waals surface area contributed by atoms with E-state index in [9.17, 15) is 14.7 Å². The van der Waals surface area contributed by atoms with Crippen molar-refractivity contribution in [1.29, 1.82) is 0 Å². The highest BCUT2D eigenvalue weighted by Crippen LogP contribution is 2.40. The standard InChI is InChI=1S/C30H34N2O6/c1-3-14-37-24-7-4-6-21(19-24)27-26(28(33)22-8-9-25-23(18-22)17-20(2)38-25)29(34)30(35)32(27)11-5-10-31-12-15-36-16-13-31/h3-4,6-9,18-20,27,33H,1,5,10-17H2,2H3/b28-26+. The minimum Gasteiger partial charge on any atom is -0.872 e. The Morgan fingerprint density at radius 1 is 1.21 bits per heavy atom. The molecule has 3 heterocycles. The first-order valence-corrected chi connectivity index (χ1v) is 13.3. The van der Waals surface area contributed by atoms with Crippen LogP contribution in [0.25, 0.3) is 5.76 Å². The Bertz CT molecular complexity index is 1250. The number of carbonyl (C=O) groups is 2. The Morgan fingerprint density at radius 3 is 2.82 bits per heavy atom. The Morgan fingerprint density at radius 2 is 2.03 bits per heavy atom. The summed E-state index contributed by atoms with van der Waals surface area (Å²) >= 11 is 0.